The highest BCUT2D eigenvalue weighted by Crippen LogP contribution is 2.38. The number of methoxy groups -OCH3 is 4. The number of benzene rings is 1. The van der Waals surface area contributed by atoms with Crippen molar-refractivity contribution in [2.24, 2.45) is 0 Å². The molecule has 1 atom stereocenters. The fourth-order valence-electron chi connectivity index (χ4n) is 2.18. The Hall–Kier alpha value is -3.01. The molecule has 0 spiro atoms. The maximum atomic E-state index is 12.5. The van der Waals surface area contributed by atoms with Gasteiger partial charge in [0.15, 0.2) is 21.7 Å². The zero-order chi connectivity index (χ0) is 20.0. The van der Waals surface area contributed by atoms with Crippen LogP contribution in [0.4, 0.5) is 5.13 Å². The minimum Gasteiger partial charge on any atom is -0.493 e. The van der Waals surface area contributed by atoms with Crippen LogP contribution in [0, 0.1) is 0 Å². The smallest absolute Gasteiger partial charge is 0.252 e. The van der Waals surface area contributed by atoms with Crippen LogP contribution in [0.15, 0.2) is 18.3 Å². The fraction of sp³-hybridized carbons (Fsp3) is 0.353. The molecule has 10 heteroatoms. The van der Waals surface area contributed by atoms with Crippen LogP contribution in [-0.2, 0) is 4.79 Å². The highest BCUT2D eigenvalue weighted by Gasteiger charge is 2.21. The number of ether oxygens (including phenoxy) is 4. The van der Waals surface area contributed by atoms with Crippen molar-refractivity contribution >= 4 is 28.3 Å². The molecule has 0 saturated carbocycles. The summed E-state index contributed by atoms with van der Waals surface area (Å²) in [5.74, 6) is 0.185. The highest BCUT2D eigenvalue weighted by atomic mass is 32.1. The molecule has 0 bridgehead atoms. The third-order valence-electron chi connectivity index (χ3n) is 3.58. The standard InChI is InChI=1S/C17H21N3O6S/c1-9(15(21)20-17-18-8-13(25-4)27-17)19-16(22)10-6-11(23-2)14(26-5)12(7-10)24-3/h6-9H,1-5H3,(H,19,22)(H,18,20,21). The van der Waals surface area contributed by atoms with Gasteiger partial charge < -0.3 is 29.6 Å². The summed E-state index contributed by atoms with van der Waals surface area (Å²) in [5, 5.41) is 6.19. The molecule has 2 aromatic rings. The Balaban J connectivity index is 2.10. The third kappa shape index (κ3) is 4.79. The summed E-state index contributed by atoms with van der Waals surface area (Å²) in [6, 6.07) is 2.21. The van der Waals surface area contributed by atoms with E-state index in [1.54, 1.807) is 6.92 Å². The highest BCUT2D eigenvalue weighted by molar-refractivity contribution is 7.17. The Morgan fingerprint density at radius 2 is 1.67 bits per heavy atom. The number of hydrogen-bond donors (Lipinski definition) is 2. The maximum absolute atomic E-state index is 12.5. The van der Waals surface area contributed by atoms with E-state index in [2.05, 4.69) is 15.6 Å². The number of thiazole rings is 1. The van der Waals surface area contributed by atoms with E-state index in [0.29, 0.717) is 27.4 Å². The van der Waals surface area contributed by atoms with Gasteiger partial charge in [-0.15, -0.1) is 0 Å². The second-order valence-electron chi connectivity index (χ2n) is 5.29. The van der Waals surface area contributed by atoms with E-state index >= 15 is 0 Å². The lowest BCUT2D eigenvalue weighted by atomic mass is 10.1. The Bertz CT molecular complexity index is 798. The van der Waals surface area contributed by atoms with Crippen molar-refractivity contribution in [2.75, 3.05) is 33.8 Å². The number of nitrogens with zero attached hydrogens (tertiary/aromatic N) is 1. The SMILES string of the molecule is COc1cnc(NC(=O)C(C)NC(=O)c2cc(OC)c(OC)c(OC)c2)s1. The van der Waals surface area contributed by atoms with Crippen molar-refractivity contribution in [3.8, 4) is 22.3 Å². The monoisotopic (exact) mass is 395 g/mol. The second-order valence-corrected chi connectivity index (χ2v) is 6.28. The van der Waals surface area contributed by atoms with Gasteiger partial charge in [-0.3, -0.25) is 9.59 Å². The Morgan fingerprint density at radius 1 is 1.04 bits per heavy atom. The Kier molecular flexibility index (Phi) is 6.83. The van der Waals surface area contributed by atoms with E-state index < -0.39 is 17.9 Å². The first-order chi connectivity index (χ1) is 12.9. The molecule has 1 unspecified atom stereocenters. The Morgan fingerprint density at radius 3 is 2.15 bits per heavy atom. The number of rotatable bonds is 8. The molecule has 0 aliphatic rings. The molecule has 1 aromatic heterocycles. The fourth-order valence-corrected chi connectivity index (χ4v) is 2.82. The first-order valence-corrected chi connectivity index (χ1v) is 8.66. The quantitative estimate of drug-likeness (QED) is 0.703. The van der Waals surface area contributed by atoms with Gasteiger partial charge in [0.2, 0.25) is 11.7 Å². The van der Waals surface area contributed by atoms with Crippen molar-refractivity contribution < 1.29 is 28.5 Å². The Labute approximate surface area is 160 Å². The molecule has 0 radical (unpaired) electrons. The summed E-state index contributed by atoms with van der Waals surface area (Å²) in [6.45, 7) is 1.57. The molecule has 0 fully saturated rings. The van der Waals surface area contributed by atoms with Crippen molar-refractivity contribution in [3.05, 3.63) is 23.9 Å². The minimum atomic E-state index is -0.800. The normalized spacial score (nSPS) is 11.3. The summed E-state index contributed by atoms with van der Waals surface area (Å²) >= 11 is 1.18. The van der Waals surface area contributed by atoms with Gasteiger partial charge in [0.25, 0.3) is 5.91 Å². The molecule has 2 amide bonds. The van der Waals surface area contributed by atoms with Crippen molar-refractivity contribution in [2.45, 2.75) is 13.0 Å². The van der Waals surface area contributed by atoms with Crippen molar-refractivity contribution in [1.29, 1.82) is 0 Å². The number of carbonyl (C=O) groups excluding carboxylic acids is 2. The van der Waals surface area contributed by atoms with Crippen molar-refractivity contribution in [3.63, 3.8) is 0 Å². The first-order valence-electron chi connectivity index (χ1n) is 7.85. The molecule has 0 aliphatic carbocycles. The number of aromatic nitrogens is 1. The molecule has 0 saturated heterocycles. The molecular weight excluding hydrogens is 374 g/mol. The lowest BCUT2D eigenvalue weighted by Crippen LogP contribution is -2.41. The lowest BCUT2D eigenvalue weighted by molar-refractivity contribution is -0.117. The van der Waals surface area contributed by atoms with Crippen LogP contribution in [0.2, 0.25) is 0 Å². The zero-order valence-corrected chi connectivity index (χ0v) is 16.4. The van der Waals surface area contributed by atoms with Gasteiger partial charge >= 0.3 is 0 Å². The van der Waals surface area contributed by atoms with Crippen LogP contribution in [0.1, 0.15) is 17.3 Å². The van der Waals surface area contributed by atoms with Crippen LogP contribution in [0.5, 0.6) is 22.3 Å². The van der Waals surface area contributed by atoms with Gasteiger partial charge in [-0.1, -0.05) is 11.3 Å². The average molecular weight is 395 g/mol. The number of amides is 2. The van der Waals surface area contributed by atoms with Gasteiger partial charge in [0.05, 0.1) is 34.6 Å². The van der Waals surface area contributed by atoms with E-state index in [4.69, 9.17) is 18.9 Å². The molecule has 0 aliphatic heterocycles. The van der Waals surface area contributed by atoms with E-state index in [9.17, 15) is 9.59 Å². The number of nitrogens with one attached hydrogen (secondary N) is 2. The summed E-state index contributed by atoms with van der Waals surface area (Å²) in [4.78, 5) is 28.8. The topological polar surface area (TPSA) is 108 Å². The van der Waals surface area contributed by atoms with E-state index in [1.807, 2.05) is 0 Å². The predicted octanol–water partition coefficient (Wildman–Crippen LogP) is 1.93. The van der Waals surface area contributed by atoms with Gasteiger partial charge in [-0.25, -0.2) is 4.98 Å². The number of hydrogen-bond acceptors (Lipinski definition) is 8. The number of carbonyl (C=O) groups is 2. The largest absolute Gasteiger partial charge is 0.493 e. The van der Waals surface area contributed by atoms with Crippen LogP contribution >= 0.6 is 11.3 Å². The van der Waals surface area contributed by atoms with E-state index in [0.717, 1.165) is 0 Å². The van der Waals surface area contributed by atoms with E-state index in [-0.39, 0.29) is 5.56 Å². The average Bonchev–Trinajstić information content (AvgIpc) is 3.13. The zero-order valence-electron chi connectivity index (χ0n) is 15.6. The molecule has 9 nitrogen and oxygen atoms in total. The molecular formula is C17H21N3O6S. The summed E-state index contributed by atoms with van der Waals surface area (Å²) < 4.78 is 20.7. The second kappa shape index (κ2) is 9.08. The van der Waals surface area contributed by atoms with E-state index in [1.165, 1.54) is 58.1 Å². The van der Waals surface area contributed by atoms with Crippen LogP contribution < -0.4 is 29.6 Å². The number of anilines is 1. The van der Waals surface area contributed by atoms with Crippen molar-refractivity contribution in [1.82, 2.24) is 10.3 Å². The van der Waals surface area contributed by atoms with Gasteiger partial charge in [0.1, 0.15) is 6.04 Å². The molecule has 1 heterocycles. The summed E-state index contributed by atoms with van der Waals surface area (Å²) in [7, 11) is 5.90. The predicted molar refractivity (Wildman–Crippen MR) is 100 cm³/mol. The molecule has 146 valence electrons. The molecule has 2 N–H and O–H groups in total. The van der Waals surface area contributed by atoms with Gasteiger partial charge in [-0.2, -0.15) is 0 Å². The summed E-state index contributed by atoms with van der Waals surface area (Å²) in [6.07, 6.45) is 1.50. The van der Waals surface area contributed by atoms with Crippen LogP contribution in [-0.4, -0.2) is 51.3 Å². The molecule has 27 heavy (non-hydrogen) atoms. The first kappa shape index (κ1) is 20.3. The third-order valence-corrected chi connectivity index (χ3v) is 4.46. The lowest BCUT2D eigenvalue weighted by Gasteiger charge is -2.16. The molecule has 2 rings (SSSR count). The molecule has 1 aromatic carbocycles. The van der Waals surface area contributed by atoms with Crippen LogP contribution in [0.3, 0.4) is 0 Å². The van der Waals surface area contributed by atoms with Gasteiger partial charge in [0, 0.05) is 5.56 Å². The minimum absolute atomic E-state index is 0.264. The van der Waals surface area contributed by atoms with Gasteiger partial charge in [-0.05, 0) is 19.1 Å². The maximum Gasteiger partial charge on any atom is 0.252 e. The summed E-state index contributed by atoms with van der Waals surface area (Å²) in [5.41, 5.74) is 0.264. The van der Waals surface area contributed by atoms with Crippen LogP contribution in [0.25, 0.3) is 0 Å².